The summed E-state index contributed by atoms with van der Waals surface area (Å²) in [6.45, 7) is 9.78. The van der Waals surface area contributed by atoms with E-state index in [2.05, 4.69) is 33.0 Å². The summed E-state index contributed by atoms with van der Waals surface area (Å²) in [6.07, 6.45) is 1.04. The first-order valence-electron chi connectivity index (χ1n) is 6.44. The van der Waals surface area contributed by atoms with E-state index in [1.807, 2.05) is 18.2 Å². The van der Waals surface area contributed by atoms with Crippen LogP contribution in [0.5, 0.6) is 5.75 Å². The molecule has 0 heterocycles. The number of halogens is 1. The van der Waals surface area contributed by atoms with Crippen LogP contribution in [0, 0.1) is 5.41 Å². The molecule has 0 radical (unpaired) electrons. The molecule has 0 saturated heterocycles. The van der Waals surface area contributed by atoms with E-state index in [9.17, 15) is 0 Å². The van der Waals surface area contributed by atoms with Crippen molar-refractivity contribution < 1.29 is 4.74 Å². The molecule has 0 aliphatic heterocycles. The zero-order valence-corrected chi connectivity index (χ0v) is 12.8. The lowest BCUT2D eigenvalue weighted by atomic mass is 9.85. The Hall–Kier alpha value is -0.730. The van der Waals surface area contributed by atoms with Gasteiger partial charge in [-0.15, -0.1) is 0 Å². The lowest BCUT2D eigenvalue weighted by Crippen LogP contribution is -2.26. The minimum Gasteiger partial charge on any atom is -0.496 e. The van der Waals surface area contributed by atoms with Gasteiger partial charge < -0.3 is 10.1 Å². The van der Waals surface area contributed by atoms with Crippen LogP contribution in [0.1, 0.15) is 45.7 Å². The van der Waals surface area contributed by atoms with E-state index in [-0.39, 0.29) is 11.5 Å². The first-order chi connectivity index (χ1) is 8.37. The fourth-order valence-corrected chi connectivity index (χ4v) is 2.31. The van der Waals surface area contributed by atoms with Crippen LogP contribution >= 0.6 is 11.6 Å². The quantitative estimate of drug-likeness (QED) is 0.854. The van der Waals surface area contributed by atoms with E-state index < -0.39 is 0 Å². The van der Waals surface area contributed by atoms with Crippen LogP contribution in [0.4, 0.5) is 0 Å². The van der Waals surface area contributed by atoms with E-state index in [0.717, 1.165) is 29.3 Å². The van der Waals surface area contributed by atoms with E-state index in [0.29, 0.717) is 0 Å². The highest BCUT2D eigenvalue weighted by Gasteiger charge is 2.22. The predicted molar refractivity (Wildman–Crippen MR) is 78.5 cm³/mol. The van der Waals surface area contributed by atoms with Gasteiger partial charge in [0.1, 0.15) is 5.75 Å². The standard InChI is InChI=1S/C15H24ClNO/c1-6-17-13(10-15(2,3)4)12-9-11(16)7-8-14(12)18-5/h7-9,13,17H,6,10H2,1-5H3. The molecule has 0 amide bonds. The van der Waals surface area contributed by atoms with Gasteiger partial charge in [-0.05, 0) is 36.6 Å². The molecule has 0 saturated carbocycles. The largest absolute Gasteiger partial charge is 0.496 e. The summed E-state index contributed by atoms with van der Waals surface area (Å²) in [6, 6.07) is 6.07. The number of ether oxygens (including phenoxy) is 1. The predicted octanol–water partition coefficient (Wildman–Crippen LogP) is 4.44. The minimum atomic E-state index is 0.250. The molecule has 1 atom stereocenters. The van der Waals surface area contributed by atoms with Crippen LogP contribution in [-0.4, -0.2) is 13.7 Å². The summed E-state index contributed by atoms with van der Waals surface area (Å²) in [5.74, 6) is 0.898. The fourth-order valence-electron chi connectivity index (χ4n) is 2.13. The van der Waals surface area contributed by atoms with Gasteiger partial charge in [0.15, 0.2) is 0 Å². The average Bonchev–Trinajstić information content (AvgIpc) is 2.26. The normalized spacial score (nSPS) is 13.4. The van der Waals surface area contributed by atoms with Crippen molar-refractivity contribution in [2.45, 2.75) is 40.2 Å². The second-order valence-electron chi connectivity index (χ2n) is 5.76. The average molecular weight is 270 g/mol. The number of hydrogen-bond donors (Lipinski definition) is 1. The Balaban J connectivity index is 3.07. The molecule has 18 heavy (non-hydrogen) atoms. The maximum absolute atomic E-state index is 6.11. The van der Waals surface area contributed by atoms with Gasteiger partial charge in [0, 0.05) is 16.6 Å². The summed E-state index contributed by atoms with van der Waals surface area (Å²) in [4.78, 5) is 0. The molecular formula is C15H24ClNO. The molecule has 1 aromatic rings. The van der Waals surface area contributed by atoms with Crippen molar-refractivity contribution in [2.75, 3.05) is 13.7 Å². The van der Waals surface area contributed by atoms with Gasteiger partial charge in [-0.2, -0.15) is 0 Å². The third kappa shape index (κ3) is 4.51. The van der Waals surface area contributed by atoms with Gasteiger partial charge >= 0.3 is 0 Å². The SMILES string of the molecule is CCNC(CC(C)(C)C)c1cc(Cl)ccc1OC. The summed E-state index contributed by atoms with van der Waals surface area (Å²) in [5, 5.41) is 4.27. The molecule has 2 nitrogen and oxygen atoms in total. The first kappa shape index (κ1) is 15.3. The smallest absolute Gasteiger partial charge is 0.123 e. The molecule has 1 rings (SSSR count). The Kier molecular flexibility index (Phi) is 5.48. The Morgan fingerprint density at radius 3 is 2.50 bits per heavy atom. The van der Waals surface area contributed by atoms with Crippen molar-refractivity contribution in [3.05, 3.63) is 28.8 Å². The summed E-state index contributed by atoms with van der Waals surface area (Å²) in [5.41, 5.74) is 1.39. The Morgan fingerprint density at radius 2 is 2.00 bits per heavy atom. The highest BCUT2D eigenvalue weighted by Crippen LogP contribution is 2.35. The molecular weight excluding hydrogens is 246 g/mol. The summed E-state index contributed by atoms with van der Waals surface area (Å²) in [7, 11) is 1.70. The summed E-state index contributed by atoms with van der Waals surface area (Å²) >= 11 is 6.11. The Bertz CT molecular complexity index is 385. The van der Waals surface area contributed by atoms with Crippen molar-refractivity contribution in [3.63, 3.8) is 0 Å². The van der Waals surface area contributed by atoms with Crippen LogP contribution in [0.25, 0.3) is 0 Å². The van der Waals surface area contributed by atoms with E-state index >= 15 is 0 Å². The Morgan fingerprint density at radius 1 is 1.33 bits per heavy atom. The van der Waals surface area contributed by atoms with E-state index in [1.54, 1.807) is 7.11 Å². The molecule has 0 aliphatic rings. The fraction of sp³-hybridized carbons (Fsp3) is 0.600. The van der Waals surface area contributed by atoms with Crippen molar-refractivity contribution in [3.8, 4) is 5.75 Å². The molecule has 0 aliphatic carbocycles. The van der Waals surface area contributed by atoms with E-state index in [4.69, 9.17) is 16.3 Å². The number of nitrogens with one attached hydrogen (secondary N) is 1. The third-order valence-corrected chi connectivity index (χ3v) is 3.07. The minimum absolute atomic E-state index is 0.250. The van der Waals surface area contributed by atoms with Crippen molar-refractivity contribution in [2.24, 2.45) is 5.41 Å². The van der Waals surface area contributed by atoms with Crippen molar-refractivity contribution >= 4 is 11.6 Å². The van der Waals surface area contributed by atoms with Gasteiger partial charge in [0.2, 0.25) is 0 Å². The van der Waals surface area contributed by atoms with Crippen LogP contribution in [0.15, 0.2) is 18.2 Å². The number of methoxy groups -OCH3 is 1. The van der Waals surface area contributed by atoms with Gasteiger partial charge in [-0.25, -0.2) is 0 Å². The lowest BCUT2D eigenvalue weighted by molar-refractivity contribution is 0.307. The molecule has 0 bridgehead atoms. The van der Waals surface area contributed by atoms with Crippen LogP contribution in [0.2, 0.25) is 5.02 Å². The van der Waals surface area contributed by atoms with Crippen LogP contribution < -0.4 is 10.1 Å². The molecule has 1 aromatic carbocycles. The summed E-state index contributed by atoms with van der Waals surface area (Å²) < 4.78 is 5.44. The lowest BCUT2D eigenvalue weighted by Gasteiger charge is -2.28. The zero-order valence-electron chi connectivity index (χ0n) is 12.0. The third-order valence-electron chi connectivity index (χ3n) is 2.83. The first-order valence-corrected chi connectivity index (χ1v) is 6.82. The second-order valence-corrected chi connectivity index (χ2v) is 6.20. The highest BCUT2D eigenvalue weighted by atomic mass is 35.5. The van der Waals surface area contributed by atoms with Gasteiger partial charge in [-0.1, -0.05) is 39.3 Å². The van der Waals surface area contributed by atoms with Crippen molar-refractivity contribution in [1.29, 1.82) is 0 Å². The molecule has 1 unspecified atom stereocenters. The Labute approximate surface area is 116 Å². The van der Waals surface area contributed by atoms with Crippen molar-refractivity contribution in [1.82, 2.24) is 5.32 Å². The number of rotatable bonds is 5. The van der Waals surface area contributed by atoms with E-state index in [1.165, 1.54) is 0 Å². The molecule has 1 N–H and O–H groups in total. The zero-order chi connectivity index (χ0) is 13.8. The maximum Gasteiger partial charge on any atom is 0.123 e. The number of hydrogen-bond acceptors (Lipinski definition) is 2. The maximum atomic E-state index is 6.11. The molecule has 102 valence electrons. The van der Waals surface area contributed by atoms with Crippen LogP contribution in [-0.2, 0) is 0 Å². The van der Waals surface area contributed by atoms with Crippen LogP contribution in [0.3, 0.4) is 0 Å². The van der Waals surface area contributed by atoms with Gasteiger partial charge in [0.25, 0.3) is 0 Å². The molecule has 0 fully saturated rings. The van der Waals surface area contributed by atoms with Gasteiger partial charge in [-0.3, -0.25) is 0 Å². The molecule has 3 heteroatoms. The highest BCUT2D eigenvalue weighted by molar-refractivity contribution is 6.30. The monoisotopic (exact) mass is 269 g/mol. The molecule has 0 aromatic heterocycles. The van der Waals surface area contributed by atoms with Gasteiger partial charge in [0.05, 0.1) is 7.11 Å². The molecule has 0 spiro atoms. The topological polar surface area (TPSA) is 21.3 Å². The second kappa shape index (κ2) is 6.44. The number of benzene rings is 1.